The van der Waals surface area contributed by atoms with Crippen LogP contribution in [0, 0.1) is 5.82 Å². The van der Waals surface area contributed by atoms with Crippen molar-refractivity contribution in [3.8, 4) is 11.5 Å². The molecule has 0 fully saturated rings. The number of nitrogens with zero attached hydrogens (tertiary/aromatic N) is 1. The third kappa shape index (κ3) is 4.82. The van der Waals surface area contributed by atoms with Crippen molar-refractivity contribution in [3.63, 3.8) is 0 Å². The maximum atomic E-state index is 13.7. The van der Waals surface area contributed by atoms with Crippen LogP contribution in [0.25, 0.3) is 0 Å². The number of aromatic nitrogens is 1. The summed E-state index contributed by atoms with van der Waals surface area (Å²) in [6.07, 6.45) is 1.40. The molecule has 0 spiro atoms. The quantitative estimate of drug-likeness (QED) is 0.793. The van der Waals surface area contributed by atoms with Crippen LogP contribution in [0.15, 0.2) is 36.5 Å². The number of rotatable bonds is 4. The van der Waals surface area contributed by atoms with Gasteiger partial charge in [0.1, 0.15) is 23.0 Å². The molecule has 1 aromatic heterocycles. The number of carbonyl (C=O) groups is 2. The largest absolute Gasteiger partial charge is 0.457 e. The number of hydrogen-bond donors (Lipinski definition) is 3. The summed E-state index contributed by atoms with van der Waals surface area (Å²) in [4.78, 5) is 26.1. The molecule has 7 nitrogen and oxygen atoms in total. The van der Waals surface area contributed by atoms with Gasteiger partial charge in [-0.1, -0.05) is 0 Å². The van der Waals surface area contributed by atoms with E-state index in [0.29, 0.717) is 5.75 Å². The van der Waals surface area contributed by atoms with E-state index in [4.69, 9.17) is 10.5 Å². The fourth-order valence-corrected chi connectivity index (χ4v) is 1.66. The van der Waals surface area contributed by atoms with Crippen molar-refractivity contribution >= 4 is 30.0 Å². The van der Waals surface area contributed by atoms with Gasteiger partial charge in [0.2, 0.25) is 0 Å². The second-order valence-electron chi connectivity index (χ2n) is 4.19. The van der Waals surface area contributed by atoms with Gasteiger partial charge >= 0.3 is 6.03 Å². The number of amides is 3. The van der Waals surface area contributed by atoms with Gasteiger partial charge < -0.3 is 21.1 Å². The highest BCUT2D eigenvalue weighted by molar-refractivity contribution is 5.92. The maximum absolute atomic E-state index is 13.7. The second-order valence-corrected chi connectivity index (χ2v) is 4.19. The minimum atomic E-state index is -0.864. The molecule has 0 atom stereocenters. The number of primary amides is 1. The first-order valence-electron chi connectivity index (χ1n) is 6.21. The van der Waals surface area contributed by atoms with Crippen molar-refractivity contribution in [3.05, 3.63) is 48.0 Å². The van der Waals surface area contributed by atoms with Crippen LogP contribution in [-0.4, -0.2) is 24.0 Å². The van der Waals surface area contributed by atoms with Crippen LogP contribution in [0.4, 0.5) is 14.9 Å². The summed E-state index contributed by atoms with van der Waals surface area (Å²) in [7, 11) is 1.48. The zero-order chi connectivity index (χ0) is 16.1. The van der Waals surface area contributed by atoms with E-state index in [1.54, 1.807) is 0 Å². The zero-order valence-electron chi connectivity index (χ0n) is 12.0. The molecule has 2 rings (SSSR count). The van der Waals surface area contributed by atoms with Crippen LogP contribution >= 0.6 is 12.4 Å². The topological polar surface area (TPSA) is 106 Å². The predicted molar refractivity (Wildman–Crippen MR) is 84.6 cm³/mol. The van der Waals surface area contributed by atoms with E-state index in [1.807, 2.05) is 0 Å². The van der Waals surface area contributed by atoms with Crippen molar-refractivity contribution in [2.75, 3.05) is 12.4 Å². The number of anilines is 1. The van der Waals surface area contributed by atoms with Crippen LogP contribution in [0.3, 0.4) is 0 Å². The molecule has 3 amide bonds. The molecule has 9 heteroatoms. The number of benzene rings is 1. The minimum Gasteiger partial charge on any atom is -0.457 e. The minimum absolute atomic E-state index is 0. The van der Waals surface area contributed by atoms with E-state index in [0.717, 1.165) is 6.07 Å². The Morgan fingerprint density at radius 2 is 1.91 bits per heavy atom. The number of nitrogens with one attached hydrogen (secondary N) is 2. The standard InChI is InChI=1S/C14H13FN4O3.ClH/c1-17-13(20)12-7-9(4-5-18-12)22-8-2-3-11(10(15)6-8)19-14(16)21;/h2-7H,1H3,(H,17,20)(H3,16,19,21);1H. The number of nitrogens with two attached hydrogens (primary N) is 1. The summed E-state index contributed by atoms with van der Waals surface area (Å²) in [5, 5.41) is 4.58. The molecule has 2 aromatic rings. The van der Waals surface area contributed by atoms with Gasteiger partial charge in [0.25, 0.3) is 5.91 Å². The fraction of sp³-hybridized carbons (Fsp3) is 0.0714. The van der Waals surface area contributed by atoms with Gasteiger partial charge in [-0.25, -0.2) is 9.18 Å². The lowest BCUT2D eigenvalue weighted by Crippen LogP contribution is -2.20. The van der Waals surface area contributed by atoms with E-state index >= 15 is 0 Å². The molecule has 0 saturated carbocycles. The van der Waals surface area contributed by atoms with Crippen LogP contribution in [0.5, 0.6) is 11.5 Å². The first-order chi connectivity index (χ1) is 10.5. The lowest BCUT2D eigenvalue weighted by atomic mass is 10.3. The Kier molecular flexibility index (Phi) is 6.28. The van der Waals surface area contributed by atoms with E-state index < -0.39 is 11.8 Å². The van der Waals surface area contributed by atoms with Crippen LogP contribution in [0.2, 0.25) is 0 Å². The smallest absolute Gasteiger partial charge is 0.316 e. The number of urea groups is 1. The number of hydrogen-bond acceptors (Lipinski definition) is 4. The highest BCUT2D eigenvalue weighted by Crippen LogP contribution is 2.25. The first-order valence-corrected chi connectivity index (χ1v) is 6.21. The van der Waals surface area contributed by atoms with Gasteiger partial charge in [-0.15, -0.1) is 12.4 Å². The lowest BCUT2D eigenvalue weighted by Gasteiger charge is -2.09. The number of halogens is 2. The zero-order valence-corrected chi connectivity index (χ0v) is 12.8. The Morgan fingerprint density at radius 3 is 2.52 bits per heavy atom. The molecule has 0 saturated heterocycles. The second kappa shape index (κ2) is 7.95. The van der Waals surface area contributed by atoms with E-state index in [9.17, 15) is 14.0 Å². The van der Waals surface area contributed by atoms with Crippen LogP contribution < -0.4 is 21.1 Å². The molecular weight excluding hydrogens is 327 g/mol. The molecule has 0 radical (unpaired) electrons. The van der Waals surface area contributed by atoms with Gasteiger partial charge in [-0.2, -0.15) is 0 Å². The van der Waals surface area contributed by atoms with E-state index in [1.165, 1.54) is 37.5 Å². The van der Waals surface area contributed by atoms with Gasteiger partial charge in [-0.3, -0.25) is 9.78 Å². The summed E-state index contributed by atoms with van der Waals surface area (Å²) >= 11 is 0. The number of ether oxygens (including phenoxy) is 1. The third-order valence-electron chi connectivity index (χ3n) is 2.63. The van der Waals surface area contributed by atoms with Crippen molar-refractivity contribution in [2.45, 2.75) is 0 Å². The maximum Gasteiger partial charge on any atom is 0.316 e. The molecule has 0 aliphatic carbocycles. The van der Waals surface area contributed by atoms with Crippen LogP contribution in [-0.2, 0) is 0 Å². The average Bonchev–Trinajstić information content (AvgIpc) is 2.49. The monoisotopic (exact) mass is 340 g/mol. The Morgan fingerprint density at radius 1 is 1.22 bits per heavy atom. The third-order valence-corrected chi connectivity index (χ3v) is 2.63. The Hall–Kier alpha value is -2.87. The van der Waals surface area contributed by atoms with Gasteiger partial charge in [0.15, 0.2) is 0 Å². The molecule has 1 aromatic carbocycles. The highest BCUT2D eigenvalue weighted by Gasteiger charge is 2.09. The van der Waals surface area contributed by atoms with Crippen molar-refractivity contribution in [1.29, 1.82) is 0 Å². The average molecular weight is 341 g/mol. The van der Waals surface area contributed by atoms with Crippen molar-refractivity contribution < 1.29 is 18.7 Å². The molecular formula is C14H14ClFN4O3. The summed E-state index contributed by atoms with van der Waals surface area (Å²) in [6, 6.07) is 5.94. The highest BCUT2D eigenvalue weighted by atomic mass is 35.5. The molecule has 23 heavy (non-hydrogen) atoms. The summed E-state index contributed by atoms with van der Waals surface area (Å²) in [6.45, 7) is 0. The van der Waals surface area contributed by atoms with E-state index in [-0.39, 0.29) is 35.4 Å². The SMILES string of the molecule is CNC(=O)c1cc(Oc2ccc(NC(N)=O)c(F)c2)ccn1.Cl. The van der Waals surface area contributed by atoms with Gasteiger partial charge in [0, 0.05) is 25.4 Å². The Labute approximate surface area is 137 Å². The molecule has 1 heterocycles. The molecule has 4 N–H and O–H groups in total. The lowest BCUT2D eigenvalue weighted by molar-refractivity contribution is 0.0958. The van der Waals surface area contributed by atoms with Crippen molar-refractivity contribution in [2.24, 2.45) is 5.73 Å². The normalized spacial score (nSPS) is 9.48. The van der Waals surface area contributed by atoms with Crippen molar-refractivity contribution in [1.82, 2.24) is 10.3 Å². The first kappa shape index (κ1) is 18.2. The molecule has 0 bridgehead atoms. The number of pyridine rings is 1. The Bertz CT molecular complexity index is 727. The van der Waals surface area contributed by atoms with E-state index in [2.05, 4.69) is 15.6 Å². The summed E-state index contributed by atoms with van der Waals surface area (Å²) < 4.78 is 19.2. The molecule has 122 valence electrons. The molecule has 0 aliphatic rings. The molecule has 0 unspecified atom stereocenters. The Balaban J connectivity index is 0.00000264. The van der Waals surface area contributed by atoms with Gasteiger partial charge in [0.05, 0.1) is 5.69 Å². The van der Waals surface area contributed by atoms with Crippen LogP contribution in [0.1, 0.15) is 10.5 Å². The fourth-order valence-electron chi connectivity index (χ4n) is 1.66. The van der Waals surface area contributed by atoms with Gasteiger partial charge in [-0.05, 0) is 18.2 Å². The summed E-state index contributed by atoms with van der Waals surface area (Å²) in [5.74, 6) is -0.542. The summed E-state index contributed by atoms with van der Waals surface area (Å²) in [5.41, 5.74) is 5.04. The molecule has 0 aliphatic heterocycles. The predicted octanol–water partition coefficient (Wildman–Crippen LogP) is 2.29. The number of carbonyl (C=O) groups excluding carboxylic acids is 2.